The maximum atomic E-state index is 13.6. The number of rotatable bonds is 7. The molecule has 0 saturated carbocycles. The Balaban J connectivity index is 1.82. The Bertz CT molecular complexity index is 1050. The minimum Gasteiger partial charge on any atom is -0.497 e. The number of ether oxygens (including phenoxy) is 1. The molecule has 0 spiro atoms. The molecule has 0 atom stereocenters. The van der Waals surface area contributed by atoms with Crippen LogP contribution in [0.25, 0.3) is 0 Å². The van der Waals surface area contributed by atoms with Gasteiger partial charge in [0.05, 0.1) is 18.9 Å². The smallest absolute Gasteiger partial charge is 0.258 e. The number of hydrogen-bond donors (Lipinski definition) is 1. The first-order chi connectivity index (χ1) is 14.5. The van der Waals surface area contributed by atoms with E-state index in [1.165, 1.54) is 13.1 Å². The van der Waals surface area contributed by atoms with Crippen LogP contribution in [-0.2, 0) is 4.84 Å². The number of amides is 1. The van der Waals surface area contributed by atoms with E-state index in [0.29, 0.717) is 23.7 Å². The Kier molecular flexibility index (Phi) is 6.69. The van der Waals surface area contributed by atoms with Gasteiger partial charge in [-0.05, 0) is 50.2 Å². The van der Waals surface area contributed by atoms with E-state index in [2.05, 4.69) is 20.4 Å². The average molecular weight is 408 g/mol. The molecule has 3 rings (SSSR count). The van der Waals surface area contributed by atoms with Crippen LogP contribution in [0.3, 0.4) is 0 Å². The van der Waals surface area contributed by atoms with Crippen LogP contribution in [0.5, 0.6) is 5.75 Å². The molecule has 0 saturated heterocycles. The molecular formula is C22H21FN4O3. The Labute approximate surface area is 173 Å². The van der Waals surface area contributed by atoms with Gasteiger partial charge in [0, 0.05) is 29.1 Å². The van der Waals surface area contributed by atoms with Crippen molar-refractivity contribution in [2.24, 2.45) is 5.16 Å². The Hall–Kier alpha value is -3.81. The number of nitrogens with one attached hydrogen (secondary N) is 1. The molecule has 1 N–H and O–H groups in total. The number of nitrogens with zero attached hydrogens (tertiary/aromatic N) is 3. The van der Waals surface area contributed by atoms with Crippen molar-refractivity contribution in [3.63, 3.8) is 0 Å². The number of carbonyl (C=O) groups excluding carboxylic acids is 1. The fraction of sp³-hybridized carbons (Fsp3) is 0.182. The number of anilines is 1. The van der Waals surface area contributed by atoms with Gasteiger partial charge < -0.3 is 14.9 Å². The summed E-state index contributed by atoms with van der Waals surface area (Å²) in [6, 6.07) is 10.8. The fourth-order valence-electron chi connectivity index (χ4n) is 2.67. The number of pyridine rings is 2. The lowest BCUT2D eigenvalue weighted by molar-refractivity contribution is 0.102. The Morgan fingerprint density at radius 3 is 2.47 bits per heavy atom. The third-order valence-corrected chi connectivity index (χ3v) is 4.33. The molecule has 1 amide bonds. The number of oxime groups is 1. The van der Waals surface area contributed by atoms with E-state index in [-0.39, 0.29) is 11.1 Å². The summed E-state index contributed by atoms with van der Waals surface area (Å²) in [6.45, 7) is 3.78. The van der Waals surface area contributed by atoms with Crippen molar-refractivity contribution >= 4 is 17.4 Å². The SMILES string of the molecule is CCO/N=C(/c1ccc(OC)cc1)c1ccc(NC(=O)c2cncc(F)c2C)nc1. The Morgan fingerprint density at radius 1 is 1.10 bits per heavy atom. The number of methoxy groups -OCH3 is 1. The lowest BCUT2D eigenvalue weighted by Crippen LogP contribution is -2.15. The van der Waals surface area contributed by atoms with Gasteiger partial charge in [-0.15, -0.1) is 0 Å². The summed E-state index contributed by atoms with van der Waals surface area (Å²) in [5, 5.41) is 6.84. The highest BCUT2D eigenvalue weighted by atomic mass is 19.1. The van der Waals surface area contributed by atoms with Gasteiger partial charge in [0.2, 0.25) is 0 Å². The third kappa shape index (κ3) is 4.78. The van der Waals surface area contributed by atoms with Crippen LogP contribution in [0, 0.1) is 12.7 Å². The summed E-state index contributed by atoms with van der Waals surface area (Å²) >= 11 is 0. The third-order valence-electron chi connectivity index (χ3n) is 4.33. The zero-order valence-electron chi connectivity index (χ0n) is 16.8. The molecule has 154 valence electrons. The maximum Gasteiger partial charge on any atom is 0.258 e. The van der Waals surface area contributed by atoms with Crippen LogP contribution in [0.15, 0.2) is 60.1 Å². The van der Waals surface area contributed by atoms with Crippen molar-refractivity contribution in [2.45, 2.75) is 13.8 Å². The van der Waals surface area contributed by atoms with Crippen LogP contribution in [0.4, 0.5) is 10.2 Å². The van der Waals surface area contributed by atoms with Crippen molar-refractivity contribution < 1.29 is 18.8 Å². The second-order valence-electron chi connectivity index (χ2n) is 6.27. The highest BCUT2D eigenvalue weighted by Crippen LogP contribution is 2.18. The van der Waals surface area contributed by atoms with Gasteiger partial charge in [-0.25, -0.2) is 9.37 Å². The molecule has 30 heavy (non-hydrogen) atoms. The fourth-order valence-corrected chi connectivity index (χ4v) is 2.67. The van der Waals surface area contributed by atoms with E-state index in [1.54, 1.807) is 25.4 Å². The van der Waals surface area contributed by atoms with Crippen molar-refractivity contribution in [3.05, 3.63) is 83.1 Å². The van der Waals surface area contributed by atoms with Gasteiger partial charge in [0.15, 0.2) is 0 Å². The molecule has 0 aliphatic heterocycles. The summed E-state index contributed by atoms with van der Waals surface area (Å²) in [5.41, 5.74) is 2.50. The average Bonchev–Trinajstić information content (AvgIpc) is 2.77. The highest BCUT2D eigenvalue weighted by Gasteiger charge is 2.14. The first-order valence-corrected chi connectivity index (χ1v) is 9.25. The number of benzene rings is 1. The van der Waals surface area contributed by atoms with Crippen molar-refractivity contribution in [1.29, 1.82) is 0 Å². The minimum absolute atomic E-state index is 0.151. The highest BCUT2D eigenvalue weighted by molar-refractivity contribution is 6.12. The van der Waals surface area contributed by atoms with E-state index in [4.69, 9.17) is 9.57 Å². The molecule has 0 bridgehead atoms. The Morgan fingerprint density at radius 2 is 1.83 bits per heavy atom. The van der Waals surface area contributed by atoms with Crippen molar-refractivity contribution in [2.75, 3.05) is 19.0 Å². The normalized spacial score (nSPS) is 11.1. The molecular weight excluding hydrogens is 387 g/mol. The predicted molar refractivity (Wildman–Crippen MR) is 111 cm³/mol. The van der Waals surface area contributed by atoms with E-state index in [0.717, 1.165) is 17.5 Å². The lowest BCUT2D eigenvalue weighted by atomic mass is 10.0. The van der Waals surface area contributed by atoms with E-state index < -0.39 is 11.7 Å². The summed E-state index contributed by atoms with van der Waals surface area (Å²) < 4.78 is 18.8. The van der Waals surface area contributed by atoms with Crippen LogP contribution < -0.4 is 10.1 Å². The molecule has 3 aromatic rings. The summed E-state index contributed by atoms with van der Waals surface area (Å²) in [5.74, 6) is 0.0195. The zero-order valence-corrected chi connectivity index (χ0v) is 16.8. The summed E-state index contributed by atoms with van der Waals surface area (Å²) in [7, 11) is 1.60. The van der Waals surface area contributed by atoms with Gasteiger partial charge in [-0.1, -0.05) is 5.16 Å². The van der Waals surface area contributed by atoms with Gasteiger partial charge in [0.1, 0.15) is 29.7 Å². The minimum atomic E-state index is -0.540. The molecule has 8 heteroatoms. The van der Waals surface area contributed by atoms with Crippen molar-refractivity contribution in [1.82, 2.24) is 9.97 Å². The topological polar surface area (TPSA) is 85.7 Å². The maximum absolute atomic E-state index is 13.6. The number of halogens is 1. The summed E-state index contributed by atoms with van der Waals surface area (Å²) in [4.78, 5) is 25.7. The second kappa shape index (κ2) is 9.60. The van der Waals surface area contributed by atoms with Gasteiger partial charge in [-0.2, -0.15) is 0 Å². The molecule has 0 aliphatic carbocycles. The molecule has 0 fully saturated rings. The van der Waals surface area contributed by atoms with Crippen LogP contribution >= 0.6 is 0 Å². The van der Waals surface area contributed by atoms with Gasteiger partial charge in [0.25, 0.3) is 5.91 Å². The van der Waals surface area contributed by atoms with E-state index in [9.17, 15) is 9.18 Å². The molecule has 0 radical (unpaired) electrons. The van der Waals surface area contributed by atoms with Crippen LogP contribution in [0.2, 0.25) is 0 Å². The largest absolute Gasteiger partial charge is 0.497 e. The zero-order chi connectivity index (χ0) is 21.5. The van der Waals surface area contributed by atoms with Crippen LogP contribution in [0.1, 0.15) is 34.0 Å². The summed E-state index contributed by atoms with van der Waals surface area (Å²) in [6.07, 6.45) is 3.96. The predicted octanol–water partition coefficient (Wildman–Crippen LogP) is 3.97. The number of carbonyl (C=O) groups is 1. The molecule has 2 aromatic heterocycles. The lowest BCUT2D eigenvalue weighted by Gasteiger charge is -2.10. The molecule has 2 heterocycles. The molecule has 7 nitrogen and oxygen atoms in total. The number of aromatic nitrogens is 2. The first-order valence-electron chi connectivity index (χ1n) is 9.25. The monoisotopic (exact) mass is 408 g/mol. The standard InChI is InChI=1S/C22H21FN4O3/c1-4-30-27-21(15-5-8-17(29-3)9-6-15)16-7-10-20(25-11-16)26-22(28)18-12-24-13-19(23)14(18)2/h5-13H,4H2,1-3H3,(H,25,26,28)/b27-21-. The molecule has 1 aromatic carbocycles. The van der Waals surface area contributed by atoms with E-state index >= 15 is 0 Å². The van der Waals surface area contributed by atoms with Crippen molar-refractivity contribution in [3.8, 4) is 5.75 Å². The quantitative estimate of drug-likeness (QED) is 0.472. The van der Waals surface area contributed by atoms with E-state index in [1.807, 2.05) is 31.2 Å². The van der Waals surface area contributed by atoms with Gasteiger partial charge in [-0.3, -0.25) is 9.78 Å². The molecule has 0 aliphatic rings. The second-order valence-corrected chi connectivity index (χ2v) is 6.27. The van der Waals surface area contributed by atoms with Gasteiger partial charge >= 0.3 is 0 Å². The number of hydrogen-bond acceptors (Lipinski definition) is 6. The molecule has 0 unspecified atom stereocenters. The first kappa shape index (κ1) is 20.9. The van der Waals surface area contributed by atoms with Crippen LogP contribution in [-0.4, -0.2) is 35.3 Å².